The Labute approximate surface area is 179 Å². The molecule has 0 fully saturated rings. The summed E-state index contributed by atoms with van der Waals surface area (Å²) in [7, 11) is 1.55. The van der Waals surface area contributed by atoms with Crippen LogP contribution in [-0.2, 0) is 16.6 Å². The van der Waals surface area contributed by atoms with Gasteiger partial charge in [0, 0.05) is 18.8 Å². The minimum Gasteiger partial charge on any atom is -0.441 e. The van der Waals surface area contributed by atoms with Gasteiger partial charge in [-0.05, 0) is 25.1 Å². The van der Waals surface area contributed by atoms with Crippen molar-refractivity contribution in [3.05, 3.63) is 47.4 Å². The van der Waals surface area contributed by atoms with E-state index in [2.05, 4.69) is 25.6 Å². The maximum Gasteiger partial charge on any atom is 0.413 e. The number of carbonyl (C=O) groups is 2. The number of aromatic nitrogens is 5. The topological polar surface area (TPSA) is 124 Å². The number of halogens is 3. The van der Waals surface area contributed by atoms with E-state index in [0.717, 1.165) is 0 Å². The number of nitrogens with one attached hydrogen (secondary N) is 2. The summed E-state index contributed by atoms with van der Waals surface area (Å²) in [5.41, 5.74) is 1.10. The van der Waals surface area contributed by atoms with Crippen LogP contribution in [0.5, 0.6) is 0 Å². The predicted octanol–water partition coefficient (Wildman–Crippen LogP) is 3.44. The lowest BCUT2D eigenvalue weighted by atomic mass is 10.2. The summed E-state index contributed by atoms with van der Waals surface area (Å²) in [6.07, 6.45) is -1.92. The standard InChI is InChI=1S/C18H16ClF2N7O3/c1-9(11-4-3-7-22-14(11)19)31-18(30)25-16-13(26-27-28(16)2)12-6-5-10(8-23-12)24-17(29)15(20)21/h3-9,15H,1-2H3,(H,24,29)(H,25,30)/t9-/m1/s1. The molecule has 0 radical (unpaired) electrons. The first-order chi connectivity index (χ1) is 14.8. The second-order valence-corrected chi connectivity index (χ2v) is 6.55. The maximum absolute atomic E-state index is 12.4. The van der Waals surface area contributed by atoms with Gasteiger partial charge in [-0.2, -0.15) is 8.78 Å². The third-order valence-electron chi connectivity index (χ3n) is 4.03. The molecule has 3 heterocycles. The van der Waals surface area contributed by atoms with Gasteiger partial charge in [-0.1, -0.05) is 22.9 Å². The van der Waals surface area contributed by atoms with Crippen LogP contribution in [0.25, 0.3) is 11.4 Å². The van der Waals surface area contributed by atoms with Crippen molar-refractivity contribution in [1.82, 2.24) is 25.0 Å². The zero-order valence-electron chi connectivity index (χ0n) is 16.2. The van der Waals surface area contributed by atoms with Gasteiger partial charge in [0.05, 0.1) is 17.6 Å². The van der Waals surface area contributed by atoms with Crippen molar-refractivity contribution in [3.63, 3.8) is 0 Å². The number of pyridine rings is 2. The minimum atomic E-state index is -3.15. The molecular formula is C18H16ClF2N7O3. The summed E-state index contributed by atoms with van der Waals surface area (Å²) in [6.45, 7) is 1.64. The Balaban J connectivity index is 1.73. The zero-order chi connectivity index (χ0) is 22.5. The fourth-order valence-corrected chi connectivity index (χ4v) is 2.80. The summed E-state index contributed by atoms with van der Waals surface area (Å²) >= 11 is 6.01. The molecule has 13 heteroatoms. The fraction of sp³-hybridized carbons (Fsp3) is 0.222. The number of rotatable bonds is 6. The normalized spacial score (nSPS) is 11.8. The van der Waals surface area contributed by atoms with Gasteiger partial charge < -0.3 is 10.1 Å². The molecule has 3 rings (SSSR count). The quantitative estimate of drug-likeness (QED) is 0.550. The van der Waals surface area contributed by atoms with Gasteiger partial charge in [0.1, 0.15) is 11.3 Å². The van der Waals surface area contributed by atoms with Crippen LogP contribution in [0.15, 0.2) is 36.7 Å². The highest BCUT2D eigenvalue weighted by molar-refractivity contribution is 6.30. The Bertz CT molecular complexity index is 1090. The molecule has 3 aromatic heterocycles. The molecule has 10 nitrogen and oxygen atoms in total. The van der Waals surface area contributed by atoms with E-state index in [4.69, 9.17) is 16.3 Å². The Kier molecular flexibility index (Phi) is 6.70. The predicted molar refractivity (Wildman–Crippen MR) is 107 cm³/mol. The fourth-order valence-electron chi connectivity index (χ4n) is 2.53. The van der Waals surface area contributed by atoms with Crippen molar-refractivity contribution in [1.29, 1.82) is 0 Å². The second kappa shape index (κ2) is 9.43. The van der Waals surface area contributed by atoms with Crippen molar-refractivity contribution in [2.24, 2.45) is 7.05 Å². The molecule has 2 amide bonds. The molecular weight excluding hydrogens is 436 g/mol. The van der Waals surface area contributed by atoms with E-state index in [1.54, 1.807) is 26.1 Å². The van der Waals surface area contributed by atoms with E-state index in [0.29, 0.717) is 5.56 Å². The van der Waals surface area contributed by atoms with E-state index < -0.39 is 24.5 Å². The van der Waals surface area contributed by atoms with Gasteiger partial charge in [-0.25, -0.2) is 14.5 Å². The molecule has 3 aromatic rings. The highest BCUT2D eigenvalue weighted by atomic mass is 35.5. The summed E-state index contributed by atoms with van der Waals surface area (Å²) in [5, 5.41) is 12.6. The average molecular weight is 452 g/mol. The largest absolute Gasteiger partial charge is 0.441 e. The van der Waals surface area contributed by atoms with Crippen LogP contribution >= 0.6 is 11.6 Å². The van der Waals surface area contributed by atoms with Crippen molar-refractivity contribution in [2.45, 2.75) is 19.5 Å². The maximum atomic E-state index is 12.4. The molecule has 0 aliphatic heterocycles. The molecule has 1 atom stereocenters. The van der Waals surface area contributed by atoms with Crippen LogP contribution in [0.3, 0.4) is 0 Å². The van der Waals surface area contributed by atoms with E-state index in [1.165, 1.54) is 29.2 Å². The molecule has 2 N–H and O–H groups in total. The minimum absolute atomic E-state index is 0.0778. The van der Waals surface area contributed by atoms with E-state index >= 15 is 0 Å². The number of hydrogen-bond donors (Lipinski definition) is 2. The number of anilines is 2. The molecule has 0 spiro atoms. The number of amides is 2. The van der Waals surface area contributed by atoms with Crippen LogP contribution in [-0.4, -0.2) is 43.4 Å². The summed E-state index contributed by atoms with van der Waals surface area (Å²) in [6, 6.07) is 6.15. The van der Waals surface area contributed by atoms with Crippen molar-refractivity contribution < 1.29 is 23.1 Å². The van der Waals surface area contributed by atoms with Crippen molar-refractivity contribution in [2.75, 3.05) is 10.6 Å². The van der Waals surface area contributed by atoms with Crippen molar-refractivity contribution in [3.8, 4) is 11.4 Å². The number of ether oxygens (including phenoxy) is 1. The first-order valence-corrected chi connectivity index (χ1v) is 9.17. The summed E-state index contributed by atoms with van der Waals surface area (Å²) in [5.74, 6) is -1.26. The molecule has 0 unspecified atom stereocenters. The molecule has 31 heavy (non-hydrogen) atoms. The lowest BCUT2D eigenvalue weighted by molar-refractivity contribution is -0.126. The SMILES string of the molecule is C[C@@H](OC(=O)Nc1c(-c2ccc(NC(=O)C(F)F)cn2)nnn1C)c1cccnc1Cl. The molecule has 0 aromatic carbocycles. The first kappa shape index (κ1) is 22.0. The Hall–Kier alpha value is -3.67. The molecule has 0 bridgehead atoms. The Morgan fingerprint density at radius 2 is 1.97 bits per heavy atom. The number of aryl methyl sites for hydroxylation is 1. The summed E-state index contributed by atoms with van der Waals surface area (Å²) < 4.78 is 31.3. The molecule has 0 aliphatic rings. The monoisotopic (exact) mass is 451 g/mol. The van der Waals surface area contributed by atoms with Gasteiger partial charge in [-0.15, -0.1) is 5.10 Å². The second-order valence-electron chi connectivity index (χ2n) is 6.19. The lowest BCUT2D eigenvalue weighted by Crippen LogP contribution is -2.20. The van der Waals surface area contributed by atoms with Gasteiger partial charge in [0.25, 0.3) is 5.91 Å². The van der Waals surface area contributed by atoms with Crippen LogP contribution < -0.4 is 10.6 Å². The van der Waals surface area contributed by atoms with Gasteiger partial charge in [0.2, 0.25) is 0 Å². The highest BCUT2D eigenvalue weighted by Gasteiger charge is 2.21. The highest BCUT2D eigenvalue weighted by Crippen LogP contribution is 2.26. The first-order valence-electron chi connectivity index (χ1n) is 8.79. The molecule has 0 saturated carbocycles. The van der Waals surface area contributed by atoms with Crippen LogP contribution in [0.1, 0.15) is 18.6 Å². The third kappa shape index (κ3) is 5.28. The molecule has 0 aliphatic carbocycles. The van der Waals surface area contributed by atoms with E-state index in [-0.39, 0.29) is 28.0 Å². The lowest BCUT2D eigenvalue weighted by Gasteiger charge is -2.15. The number of nitrogens with zero attached hydrogens (tertiary/aromatic N) is 5. The van der Waals surface area contributed by atoms with Crippen molar-refractivity contribution >= 4 is 35.1 Å². The van der Waals surface area contributed by atoms with Gasteiger partial charge in [0.15, 0.2) is 11.5 Å². The smallest absolute Gasteiger partial charge is 0.413 e. The molecule has 0 saturated heterocycles. The average Bonchev–Trinajstić information content (AvgIpc) is 3.08. The third-order valence-corrected chi connectivity index (χ3v) is 4.34. The van der Waals surface area contributed by atoms with Crippen LogP contribution in [0.4, 0.5) is 25.1 Å². The summed E-state index contributed by atoms with van der Waals surface area (Å²) in [4.78, 5) is 31.5. The zero-order valence-corrected chi connectivity index (χ0v) is 17.0. The van der Waals surface area contributed by atoms with Gasteiger partial charge >= 0.3 is 12.5 Å². The number of hydrogen-bond acceptors (Lipinski definition) is 7. The number of alkyl halides is 2. The van der Waals surface area contributed by atoms with E-state index in [9.17, 15) is 18.4 Å². The Morgan fingerprint density at radius 1 is 1.19 bits per heavy atom. The number of carbonyl (C=O) groups excluding carboxylic acids is 2. The van der Waals surface area contributed by atoms with E-state index in [1.807, 2.05) is 5.32 Å². The molecule has 162 valence electrons. The van der Waals surface area contributed by atoms with Crippen LogP contribution in [0.2, 0.25) is 5.15 Å². The Morgan fingerprint density at radius 3 is 2.61 bits per heavy atom. The van der Waals surface area contributed by atoms with Gasteiger partial charge in [-0.3, -0.25) is 15.1 Å². The van der Waals surface area contributed by atoms with Crippen LogP contribution in [0, 0.1) is 0 Å².